The van der Waals surface area contributed by atoms with Gasteiger partial charge in [-0.2, -0.15) is 12.7 Å². The topological polar surface area (TPSA) is 49.4 Å². The molecule has 0 aliphatic carbocycles. The largest absolute Gasteiger partial charge is 0.279 e. The summed E-state index contributed by atoms with van der Waals surface area (Å²) in [5, 5.41) is 0. The number of nitrogens with one attached hydrogen (secondary N) is 1. The van der Waals surface area contributed by atoms with E-state index in [0.717, 1.165) is 19.3 Å². The molecular formula is C8H18N2O2S. The summed E-state index contributed by atoms with van der Waals surface area (Å²) in [6, 6.07) is 0.252. The van der Waals surface area contributed by atoms with Crippen LogP contribution in [0.5, 0.6) is 0 Å². The molecule has 1 N–H and O–H groups in total. The Balaban J connectivity index is 2.86. The highest BCUT2D eigenvalue weighted by atomic mass is 32.2. The van der Waals surface area contributed by atoms with Gasteiger partial charge < -0.3 is 0 Å². The van der Waals surface area contributed by atoms with Crippen LogP contribution in [0, 0.1) is 0 Å². The van der Waals surface area contributed by atoms with Gasteiger partial charge in [-0.1, -0.05) is 6.42 Å². The Morgan fingerprint density at radius 3 is 2.08 bits per heavy atom. The van der Waals surface area contributed by atoms with Crippen LogP contribution in [0.4, 0.5) is 0 Å². The Hall–Kier alpha value is -0.130. The van der Waals surface area contributed by atoms with Crippen LogP contribution >= 0.6 is 0 Å². The maximum Gasteiger partial charge on any atom is 0.279 e. The average molecular weight is 206 g/mol. The summed E-state index contributed by atoms with van der Waals surface area (Å²) < 4.78 is 27.1. The lowest BCUT2D eigenvalue weighted by molar-refractivity contribution is 0.202. The molecular weight excluding hydrogens is 188 g/mol. The molecule has 4 nitrogen and oxygen atoms in total. The first kappa shape index (κ1) is 10.9. The number of piperidine rings is 1. The summed E-state index contributed by atoms with van der Waals surface area (Å²) in [7, 11) is -1.77. The highest BCUT2D eigenvalue weighted by Crippen LogP contribution is 2.24. The normalized spacial score (nSPS) is 31.9. The van der Waals surface area contributed by atoms with Gasteiger partial charge in [-0.15, -0.1) is 0 Å². The van der Waals surface area contributed by atoms with E-state index >= 15 is 0 Å². The first-order chi connectivity index (χ1) is 5.99. The van der Waals surface area contributed by atoms with Gasteiger partial charge in [0.1, 0.15) is 0 Å². The molecule has 78 valence electrons. The number of hydrogen-bond donors (Lipinski definition) is 1. The van der Waals surface area contributed by atoms with Gasteiger partial charge in [-0.3, -0.25) is 0 Å². The van der Waals surface area contributed by atoms with Crippen molar-refractivity contribution in [3.05, 3.63) is 0 Å². The van der Waals surface area contributed by atoms with Crippen LogP contribution in [0.1, 0.15) is 33.1 Å². The monoisotopic (exact) mass is 206 g/mol. The molecule has 5 heteroatoms. The lowest BCUT2D eigenvalue weighted by Gasteiger charge is -2.37. The van der Waals surface area contributed by atoms with Crippen LogP contribution in [-0.2, 0) is 10.2 Å². The molecule has 0 aromatic rings. The fourth-order valence-electron chi connectivity index (χ4n) is 1.98. The third-order valence-electron chi connectivity index (χ3n) is 2.65. The molecule has 1 rings (SSSR count). The second-order valence-electron chi connectivity index (χ2n) is 3.67. The number of rotatable bonds is 2. The molecule has 1 fully saturated rings. The maximum atomic E-state index is 11.6. The van der Waals surface area contributed by atoms with E-state index in [1.807, 2.05) is 13.8 Å². The fourth-order valence-corrected chi connectivity index (χ4v) is 3.35. The standard InChI is InChI=1S/C8H18N2O2S/c1-7-5-4-6-8(2)10(7)13(11,12)9-3/h7-9H,4-6H2,1-3H3. The summed E-state index contributed by atoms with van der Waals surface area (Å²) in [6.45, 7) is 3.93. The van der Waals surface area contributed by atoms with E-state index in [2.05, 4.69) is 4.72 Å². The zero-order valence-electron chi connectivity index (χ0n) is 8.45. The fraction of sp³-hybridized carbons (Fsp3) is 1.00. The summed E-state index contributed by atoms with van der Waals surface area (Å²) in [6.07, 6.45) is 3.05. The van der Waals surface area contributed by atoms with Crippen molar-refractivity contribution >= 4 is 10.2 Å². The van der Waals surface area contributed by atoms with E-state index < -0.39 is 10.2 Å². The summed E-state index contributed by atoms with van der Waals surface area (Å²) in [5.74, 6) is 0. The van der Waals surface area contributed by atoms with Crippen LogP contribution in [0.25, 0.3) is 0 Å². The summed E-state index contributed by atoms with van der Waals surface area (Å²) in [5.41, 5.74) is 0. The highest BCUT2D eigenvalue weighted by molar-refractivity contribution is 7.87. The van der Waals surface area contributed by atoms with Crippen molar-refractivity contribution in [2.75, 3.05) is 7.05 Å². The van der Waals surface area contributed by atoms with Crippen LogP contribution in [0.2, 0.25) is 0 Å². The Bertz CT molecular complexity index is 253. The Morgan fingerprint density at radius 1 is 1.23 bits per heavy atom. The molecule has 2 atom stereocenters. The molecule has 0 bridgehead atoms. The van der Waals surface area contributed by atoms with Crippen molar-refractivity contribution < 1.29 is 8.42 Å². The molecule has 0 amide bonds. The van der Waals surface area contributed by atoms with E-state index in [0.29, 0.717) is 0 Å². The second kappa shape index (κ2) is 3.94. The zero-order valence-corrected chi connectivity index (χ0v) is 9.26. The van der Waals surface area contributed by atoms with E-state index in [1.54, 1.807) is 4.31 Å². The molecule has 0 aromatic carbocycles. The smallest absolute Gasteiger partial charge is 0.205 e. The van der Waals surface area contributed by atoms with Crippen molar-refractivity contribution in [2.45, 2.75) is 45.2 Å². The van der Waals surface area contributed by atoms with E-state index in [9.17, 15) is 8.42 Å². The maximum absolute atomic E-state index is 11.6. The molecule has 0 spiro atoms. The molecule has 1 heterocycles. The quantitative estimate of drug-likeness (QED) is 0.723. The first-order valence-electron chi connectivity index (χ1n) is 4.71. The van der Waals surface area contributed by atoms with Gasteiger partial charge in [-0.25, -0.2) is 4.72 Å². The summed E-state index contributed by atoms with van der Waals surface area (Å²) >= 11 is 0. The minimum atomic E-state index is -3.24. The molecule has 1 saturated heterocycles. The van der Waals surface area contributed by atoms with Gasteiger partial charge >= 0.3 is 0 Å². The molecule has 0 saturated carbocycles. The van der Waals surface area contributed by atoms with Crippen LogP contribution < -0.4 is 4.72 Å². The van der Waals surface area contributed by atoms with Crippen LogP contribution in [-0.4, -0.2) is 31.9 Å². The highest BCUT2D eigenvalue weighted by Gasteiger charge is 2.33. The van der Waals surface area contributed by atoms with Crippen molar-refractivity contribution in [3.63, 3.8) is 0 Å². The minimum Gasteiger partial charge on any atom is -0.205 e. The molecule has 1 aliphatic rings. The molecule has 13 heavy (non-hydrogen) atoms. The Morgan fingerprint density at radius 2 is 1.69 bits per heavy atom. The molecule has 2 unspecified atom stereocenters. The lowest BCUT2D eigenvalue weighted by Crippen LogP contribution is -2.51. The zero-order chi connectivity index (χ0) is 10.1. The van der Waals surface area contributed by atoms with E-state index in [4.69, 9.17) is 0 Å². The minimum absolute atomic E-state index is 0.126. The Kier molecular flexibility index (Phi) is 3.32. The van der Waals surface area contributed by atoms with Gasteiger partial charge in [0.15, 0.2) is 0 Å². The third kappa shape index (κ3) is 2.21. The SMILES string of the molecule is CNS(=O)(=O)N1C(C)CCCC1C. The number of nitrogens with zero attached hydrogens (tertiary/aromatic N) is 1. The number of hydrogen-bond acceptors (Lipinski definition) is 2. The van der Waals surface area contributed by atoms with Crippen molar-refractivity contribution in [3.8, 4) is 0 Å². The van der Waals surface area contributed by atoms with Gasteiger partial charge in [0.05, 0.1) is 0 Å². The van der Waals surface area contributed by atoms with Crippen molar-refractivity contribution in [1.29, 1.82) is 0 Å². The molecule has 1 aliphatic heterocycles. The lowest BCUT2D eigenvalue weighted by atomic mass is 10.0. The van der Waals surface area contributed by atoms with Gasteiger partial charge in [0.25, 0.3) is 10.2 Å². The second-order valence-corrected chi connectivity index (χ2v) is 5.45. The summed E-state index contributed by atoms with van der Waals surface area (Å²) in [4.78, 5) is 0. The van der Waals surface area contributed by atoms with Gasteiger partial charge in [0, 0.05) is 19.1 Å². The predicted octanol–water partition coefficient (Wildman–Crippen LogP) is 0.713. The Labute approximate surface area is 80.5 Å². The molecule has 0 aromatic heterocycles. The predicted molar refractivity (Wildman–Crippen MR) is 52.6 cm³/mol. The van der Waals surface area contributed by atoms with E-state index in [1.165, 1.54) is 7.05 Å². The molecule has 0 radical (unpaired) electrons. The van der Waals surface area contributed by atoms with E-state index in [-0.39, 0.29) is 12.1 Å². The third-order valence-corrected chi connectivity index (χ3v) is 4.44. The average Bonchev–Trinajstić information content (AvgIpc) is 2.03. The van der Waals surface area contributed by atoms with Gasteiger partial charge in [-0.05, 0) is 26.7 Å². The van der Waals surface area contributed by atoms with Crippen molar-refractivity contribution in [2.24, 2.45) is 0 Å². The van der Waals surface area contributed by atoms with Crippen LogP contribution in [0.15, 0.2) is 0 Å². The van der Waals surface area contributed by atoms with Crippen molar-refractivity contribution in [1.82, 2.24) is 9.03 Å². The first-order valence-corrected chi connectivity index (χ1v) is 6.15. The van der Waals surface area contributed by atoms with Gasteiger partial charge in [0.2, 0.25) is 0 Å². The van der Waals surface area contributed by atoms with Crippen LogP contribution in [0.3, 0.4) is 0 Å².